The van der Waals surface area contributed by atoms with Gasteiger partial charge in [0.25, 0.3) is 5.91 Å². The van der Waals surface area contributed by atoms with Gasteiger partial charge >= 0.3 is 0 Å². The highest BCUT2D eigenvalue weighted by Crippen LogP contribution is 2.31. The Balaban J connectivity index is 0.919. The summed E-state index contributed by atoms with van der Waals surface area (Å²) in [4.78, 5) is 64.8. The molecule has 1 aliphatic heterocycles. The molecule has 0 spiro atoms. The molecule has 61 heavy (non-hydrogen) atoms. The number of benzene rings is 2. The number of ether oxygens (including phenoxy) is 2. The van der Waals surface area contributed by atoms with Crippen molar-refractivity contribution in [1.29, 1.82) is 0 Å². The van der Waals surface area contributed by atoms with E-state index in [1.165, 1.54) is 12.0 Å². The van der Waals surface area contributed by atoms with Gasteiger partial charge in [-0.05, 0) is 66.6 Å². The fourth-order valence-electron chi connectivity index (χ4n) is 7.11. The summed E-state index contributed by atoms with van der Waals surface area (Å²) >= 11 is 1.58. The molecule has 0 saturated carbocycles. The first-order chi connectivity index (χ1) is 29.3. The van der Waals surface area contributed by atoms with E-state index >= 15 is 0 Å². The number of pyridine rings is 1. The summed E-state index contributed by atoms with van der Waals surface area (Å²) in [5.74, 6) is -0.350. The molecule has 3 atom stereocenters. The Hall–Kier alpha value is -6.13. The zero-order chi connectivity index (χ0) is 43.5. The van der Waals surface area contributed by atoms with E-state index in [4.69, 9.17) is 9.47 Å². The van der Waals surface area contributed by atoms with Crippen LogP contribution in [0.25, 0.3) is 21.8 Å². The van der Waals surface area contributed by atoms with Gasteiger partial charge in [0.2, 0.25) is 17.7 Å². The zero-order valence-electron chi connectivity index (χ0n) is 35.2. The second-order valence-electron chi connectivity index (χ2n) is 16.2. The Morgan fingerprint density at radius 3 is 2.51 bits per heavy atom. The number of methoxy groups -OCH3 is 1. The third-order valence-electron chi connectivity index (χ3n) is 10.5. The Labute approximate surface area is 359 Å². The number of hydrogen-bond acceptors (Lipinski definition) is 11. The molecule has 5 aromatic rings. The molecule has 322 valence electrons. The number of thiazole rings is 1. The number of rotatable bonds is 18. The van der Waals surface area contributed by atoms with Crippen LogP contribution < -0.4 is 25.4 Å². The van der Waals surface area contributed by atoms with Crippen molar-refractivity contribution in [2.24, 2.45) is 5.41 Å². The van der Waals surface area contributed by atoms with Crippen LogP contribution in [0.5, 0.6) is 11.5 Å². The highest BCUT2D eigenvalue weighted by atomic mass is 32.1. The Morgan fingerprint density at radius 2 is 1.80 bits per heavy atom. The molecule has 0 aliphatic carbocycles. The van der Waals surface area contributed by atoms with Crippen LogP contribution in [0.2, 0.25) is 0 Å². The number of aryl methyl sites for hydroxylation is 1. The molecule has 1 fully saturated rings. The van der Waals surface area contributed by atoms with E-state index < -0.39 is 23.6 Å². The van der Waals surface area contributed by atoms with Gasteiger partial charge in [0, 0.05) is 38.2 Å². The first kappa shape index (κ1) is 44.4. The van der Waals surface area contributed by atoms with Crippen molar-refractivity contribution in [2.75, 3.05) is 25.6 Å². The number of hydrogen-bond donors (Lipinski definition) is 5. The van der Waals surface area contributed by atoms with Gasteiger partial charge in [-0.15, -0.1) is 11.3 Å². The van der Waals surface area contributed by atoms with Gasteiger partial charge in [-0.1, -0.05) is 63.9 Å². The third kappa shape index (κ3) is 11.8. The van der Waals surface area contributed by atoms with Gasteiger partial charge < -0.3 is 35.4 Å². The van der Waals surface area contributed by atoms with E-state index in [9.17, 15) is 24.3 Å². The van der Waals surface area contributed by atoms with E-state index in [-0.39, 0.29) is 55.3 Å². The number of likely N-dealkylation sites (tertiary alicyclic amines) is 1. The molecule has 5 N–H and O–H groups in total. The van der Waals surface area contributed by atoms with Crippen LogP contribution in [0.3, 0.4) is 0 Å². The topological polar surface area (TPSA) is 201 Å². The molecule has 1 aliphatic rings. The van der Waals surface area contributed by atoms with E-state index in [0.717, 1.165) is 41.0 Å². The minimum atomic E-state index is -0.885. The highest BCUT2D eigenvalue weighted by Gasteiger charge is 2.44. The summed E-state index contributed by atoms with van der Waals surface area (Å²) in [6, 6.07) is 18.3. The van der Waals surface area contributed by atoms with Crippen molar-refractivity contribution in [3.05, 3.63) is 95.4 Å². The SMILES string of the molecule is COc1cc(OCCCCCCC(=O)N[C@H](C(=O)N2C[C@H](O)C[C@H]2C(=O)NCc2ccc(-c3scnc3C)cc2)C(C)(C)C)ccc1NC(=O)c1cccc(-c2ccn[nH]2)n1. The molecular weight excluding hydrogens is 797 g/mol. The molecule has 15 nitrogen and oxygen atoms in total. The Bertz CT molecular complexity index is 2270. The van der Waals surface area contributed by atoms with E-state index in [0.29, 0.717) is 41.6 Å². The van der Waals surface area contributed by atoms with Crippen molar-refractivity contribution < 1.29 is 33.8 Å². The predicted molar refractivity (Wildman–Crippen MR) is 233 cm³/mol. The zero-order valence-corrected chi connectivity index (χ0v) is 36.0. The largest absolute Gasteiger partial charge is 0.494 e. The summed E-state index contributed by atoms with van der Waals surface area (Å²) < 4.78 is 11.5. The molecule has 3 aromatic heterocycles. The van der Waals surface area contributed by atoms with Crippen LogP contribution in [-0.4, -0.2) is 92.2 Å². The van der Waals surface area contributed by atoms with Gasteiger partial charge in [0.05, 0.1) is 53.0 Å². The third-order valence-corrected chi connectivity index (χ3v) is 11.4. The van der Waals surface area contributed by atoms with Gasteiger partial charge in [-0.3, -0.25) is 24.3 Å². The Kier molecular flexibility index (Phi) is 14.9. The summed E-state index contributed by atoms with van der Waals surface area (Å²) in [7, 11) is 1.52. The van der Waals surface area contributed by atoms with Crippen LogP contribution in [0, 0.1) is 12.3 Å². The number of carbonyl (C=O) groups excluding carboxylic acids is 4. The first-order valence-corrected chi connectivity index (χ1v) is 21.3. The number of aromatic nitrogens is 4. The molecule has 0 radical (unpaired) electrons. The molecule has 0 bridgehead atoms. The molecule has 6 rings (SSSR count). The predicted octanol–water partition coefficient (Wildman–Crippen LogP) is 6.30. The van der Waals surface area contributed by atoms with Crippen molar-refractivity contribution in [1.82, 2.24) is 35.7 Å². The number of amides is 4. The average Bonchev–Trinajstić information content (AvgIpc) is 4.04. The first-order valence-electron chi connectivity index (χ1n) is 20.4. The molecule has 4 amide bonds. The normalized spacial score (nSPS) is 15.5. The number of aliphatic hydroxyl groups is 1. The monoisotopic (exact) mass is 850 g/mol. The number of aliphatic hydroxyl groups excluding tert-OH is 1. The average molecular weight is 851 g/mol. The maximum atomic E-state index is 14.0. The van der Waals surface area contributed by atoms with Crippen molar-refractivity contribution >= 4 is 40.7 Å². The number of β-amino-alcohol motifs (C(OH)–C–C–N with tert-alkyl or cyclic N) is 1. The minimum Gasteiger partial charge on any atom is -0.494 e. The number of nitrogens with zero attached hydrogens (tertiary/aromatic N) is 4. The van der Waals surface area contributed by atoms with Crippen molar-refractivity contribution in [3.8, 4) is 33.3 Å². The molecule has 2 aromatic carbocycles. The van der Waals surface area contributed by atoms with Crippen LogP contribution >= 0.6 is 11.3 Å². The van der Waals surface area contributed by atoms with E-state index in [1.54, 1.807) is 60.0 Å². The molecule has 0 unspecified atom stereocenters. The maximum Gasteiger partial charge on any atom is 0.274 e. The second kappa shape index (κ2) is 20.4. The van der Waals surface area contributed by atoms with E-state index in [1.807, 2.05) is 57.5 Å². The highest BCUT2D eigenvalue weighted by molar-refractivity contribution is 7.13. The van der Waals surface area contributed by atoms with Crippen LogP contribution in [0.4, 0.5) is 5.69 Å². The van der Waals surface area contributed by atoms with Gasteiger partial charge in [-0.2, -0.15) is 5.10 Å². The number of carbonyl (C=O) groups is 4. The molecule has 16 heteroatoms. The smallest absolute Gasteiger partial charge is 0.274 e. The lowest BCUT2D eigenvalue weighted by Crippen LogP contribution is -2.57. The lowest BCUT2D eigenvalue weighted by molar-refractivity contribution is -0.144. The van der Waals surface area contributed by atoms with Crippen LogP contribution in [0.15, 0.2) is 78.4 Å². The van der Waals surface area contributed by atoms with Crippen LogP contribution in [-0.2, 0) is 20.9 Å². The fourth-order valence-corrected chi connectivity index (χ4v) is 7.92. The number of anilines is 1. The number of unbranched alkanes of at least 4 members (excludes halogenated alkanes) is 3. The summed E-state index contributed by atoms with van der Waals surface area (Å²) in [6.45, 7) is 8.31. The van der Waals surface area contributed by atoms with Crippen LogP contribution in [0.1, 0.15) is 81.0 Å². The summed E-state index contributed by atoms with van der Waals surface area (Å²) in [5.41, 5.74) is 6.11. The number of aromatic amines is 1. The van der Waals surface area contributed by atoms with E-state index in [2.05, 4.69) is 36.1 Å². The Morgan fingerprint density at radius 1 is 1.02 bits per heavy atom. The summed E-state index contributed by atoms with van der Waals surface area (Å²) in [5, 5.41) is 26.1. The molecule has 1 saturated heterocycles. The van der Waals surface area contributed by atoms with Crippen molar-refractivity contribution in [2.45, 2.75) is 91.0 Å². The fraction of sp³-hybridized carbons (Fsp3) is 0.400. The quantitative estimate of drug-likeness (QED) is 0.0623. The lowest BCUT2D eigenvalue weighted by Gasteiger charge is -2.35. The molecule has 4 heterocycles. The van der Waals surface area contributed by atoms with Gasteiger partial charge in [0.1, 0.15) is 29.3 Å². The van der Waals surface area contributed by atoms with Gasteiger partial charge in [-0.25, -0.2) is 9.97 Å². The summed E-state index contributed by atoms with van der Waals surface area (Å²) in [6.07, 6.45) is 4.10. The number of nitrogens with one attached hydrogen (secondary N) is 4. The maximum absolute atomic E-state index is 14.0. The second-order valence-corrected chi connectivity index (χ2v) is 17.0. The molecular formula is C45H54N8O7S. The minimum absolute atomic E-state index is 0.0122. The van der Waals surface area contributed by atoms with Gasteiger partial charge in [0.15, 0.2) is 0 Å². The number of H-pyrrole nitrogens is 1. The lowest BCUT2D eigenvalue weighted by atomic mass is 9.85. The van der Waals surface area contributed by atoms with Crippen molar-refractivity contribution in [3.63, 3.8) is 0 Å². The standard InChI is InChI=1S/C45H54N8O7S/c1-28-40(61-27-47-28)30-16-14-29(15-17-30)25-46-43(57)37-23-31(54)26-53(37)44(58)41(45(2,3)4)51-39(55)13-8-6-7-9-22-60-32-18-19-35(38(24-32)59-5)50-42(56)36-12-10-11-33(49-36)34-20-21-48-52-34/h10-12,14-21,24,27,31,37,41,54H,6-9,13,22-23,25-26H2,1-5H3,(H,46,57)(H,48,52)(H,50,56)(H,51,55)/t31-,37+,41-/m1/s1.